The van der Waals surface area contributed by atoms with Crippen molar-refractivity contribution < 1.29 is 18.7 Å². The summed E-state index contributed by atoms with van der Waals surface area (Å²) in [7, 11) is 1.51. The molecule has 0 aromatic heterocycles. The van der Waals surface area contributed by atoms with Crippen molar-refractivity contribution in [3.8, 4) is 0 Å². The van der Waals surface area contributed by atoms with E-state index in [1.165, 1.54) is 19.2 Å². The van der Waals surface area contributed by atoms with Crippen LogP contribution in [0, 0.1) is 5.82 Å². The molecule has 110 valence electrons. The fourth-order valence-electron chi connectivity index (χ4n) is 1.22. The molecule has 20 heavy (non-hydrogen) atoms. The van der Waals surface area contributed by atoms with Gasteiger partial charge in [-0.1, -0.05) is 0 Å². The molecule has 0 saturated carbocycles. The van der Waals surface area contributed by atoms with Crippen molar-refractivity contribution in [2.24, 2.45) is 0 Å². The molecule has 1 rings (SSSR count). The van der Waals surface area contributed by atoms with Crippen LogP contribution in [-0.4, -0.2) is 38.0 Å². The van der Waals surface area contributed by atoms with Gasteiger partial charge < -0.3 is 15.8 Å². The Kier molecular flexibility index (Phi) is 6.82. The van der Waals surface area contributed by atoms with Gasteiger partial charge in [-0.25, -0.2) is 9.18 Å². The molecule has 0 fully saturated rings. The molecule has 0 aliphatic carbocycles. The Hall–Kier alpha value is -1.80. The Morgan fingerprint density at radius 3 is 2.85 bits per heavy atom. The summed E-state index contributed by atoms with van der Waals surface area (Å²) < 4.78 is 17.9. The van der Waals surface area contributed by atoms with Crippen LogP contribution in [0.2, 0.25) is 0 Å². The number of ether oxygens (including phenoxy) is 1. The smallest absolute Gasteiger partial charge is 0.321 e. The average Bonchev–Trinajstić information content (AvgIpc) is 2.40. The van der Waals surface area contributed by atoms with Gasteiger partial charge in [0.15, 0.2) is 0 Å². The Labute approximate surface area is 120 Å². The highest BCUT2D eigenvalue weighted by molar-refractivity contribution is 8.00. The normalized spacial score (nSPS) is 10.1. The average molecular weight is 301 g/mol. The molecule has 1 aromatic rings. The first kappa shape index (κ1) is 16.3. The highest BCUT2D eigenvalue weighted by Gasteiger charge is 2.08. The standard InChI is InChI=1S/C12H16FN3O3S/c1-19-5-4-15-12(18)16-11(17)7-20-8-2-3-10(14)9(13)6-8/h2-3,6H,4-5,7,14H2,1H3,(H2,15,16,17,18). The van der Waals surface area contributed by atoms with Crippen LogP contribution < -0.4 is 16.4 Å². The first-order valence-corrected chi connectivity index (χ1v) is 6.76. The van der Waals surface area contributed by atoms with Crippen LogP contribution in [0.1, 0.15) is 0 Å². The Morgan fingerprint density at radius 2 is 2.20 bits per heavy atom. The van der Waals surface area contributed by atoms with Gasteiger partial charge in [-0.3, -0.25) is 10.1 Å². The lowest BCUT2D eigenvalue weighted by Crippen LogP contribution is -2.41. The number of rotatable bonds is 6. The molecule has 0 aliphatic rings. The van der Waals surface area contributed by atoms with E-state index in [0.717, 1.165) is 11.8 Å². The largest absolute Gasteiger partial charge is 0.396 e. The van der Waals surface area contributed by atoms with Gasteiger partial charge in [0.05, 0.1) is 18.0 Å². The summed E-state index contributed by atoms with van der Waals surface area (Å²) in [4.78, 5) is 23.3. The predicted molar refractivity (Wildman–Crippen MR) is 75.0 cm³/mol. The molecule has 0 aliphatic heterocycles. The van der Waals surface area contributed by atoms with E-state index in [0.29, 0.717) is 18.0 Å². The van der Waals surface area contributed by atoms with Crippen molar-refractivity contribution in [1.29, 1.82) is 0 Å². The number of hydrogen-bond acceptors (Lipinski definition) is 5. The highest BCUT2D eigenvalue weighted by atomic mass is 32.2. The van der Waals surface area contributed by atoms with Crippen LogP contribution in [-0.2, 0) is 9.53 Å². The molecular formula is C12H16FN3O3S. The Bertz CT molecular complexity index is 485. The maximum atomic E-state index is 13.2. The number of nitrogens with one attached hydrogen (secondary N) is 2. The van der Waals surface area contributed by atoms with Gasteiger partial charge in [0.1, 0.15) is 5.82 Å². The fourth-order valence-corrected chi connectivity index (χ4v) is 1.94. The lowest BCUT2D eigenvalue weighted by molar-refractivity contribution is -0.117. The SMILES string of the molecule is COCCNC(=O)NC(=O)CSc1ccc(N)c(F)c1. The number of hydrogen-bond donors (Lipinski definition) is 3. The van der Waals surface area contributed by atoms with Crippen molar-refractivity contribution >= 4 is 29.4 Å². The number of benzene rings is 1. The van der Waals surface area contributed by atoms with Gasteiger partial charge in [-0.05, 0) is 18.2 Å². The summed E-state index contributed by atoms with van der Waals surface area (Å²) in [5.74, 6) is -1.00. The molecule has 0 spiro atoms. The quantitative estimate of drug-likeness (QED) is 0.413. The molecular weight excluding hydrogens is 285 g/mol. The zero-order chi connectivity index (χ0) is 15.0. The maximum Gasteiger partial charge on any atom is 0.321 e. The molecule has 3 amide bonds. The minimum atomic E-state index is -0.587. The summed E-state index contributed by atoms with van der Waals surface area (Å²) >= 11 is 1.11. The van der Waals surface area contributed by atoms with E-state index in [2.05, 4.69) is 10.6 Å². The molecule has 0 bridgehead atoms. The number of carbonyl (C=O) groups excluding carboxylic acids is 2. The number of nitrogen functional groups attached to an aromatic ring is 1. The van der Waals surface area contributed by atoms with E-state index < -0.39 is 17.8 Å². The lowest BCUT2D eigenvalue weighted by atomic mass is 10.3. The third kappa shape index (κ3) is 5.89. The summed E-state index contributed by atoms with van der Waals surface area (Å²) in [6.07, 6.45) is 0. The molecule has 0 heterocycles. The number of anilines is 1. The van der Waals surface area contributed by atoms with E-state index in [4.69, 9.17) is 10.5 Å². The highest BCUT2D eigenvalue weighted by Crippen LogP contribution is 2.21. The first-order chi connectivity index (χ1) is 9.52. The van der Waals surface area contributed by atoms with Crippen molar-refractivity contribution in [2.75, 3.05) is 31.7 Å². The van der Waals surface area contributed by atoms with Crippen LogP contribution >= 0.6 is 11.8 Å². The molecule has 0 atom stereocenters. The van der Waals surface area contributed by atoms with Gasteiger partial charge >= 0.3 is 6.03 Å². The van der Waals surface area contributed by atoms with Gasteiger partial charge in [0, 0.05) is 18.6 Å². The summed E-state index contributed by atoms with van der Waals surface area (Å²) in [6.45, 7) is 0.674. The monoisotopic (exact) mass is 301 g/mol. The second-order valence-corrected chi connectivity index (χ2v) is 4.82. The number of nitrogens with two attached hydrogens (primary N) is 1. The summed E-state index contributed by atoms with van der Waals surface area (Å²) in [5, 5.41) is 4.60. The summed E-state index contributed by atoms with van der Waals surface area (Å²) in [6, 6.07) is 3.68. The molecule has 6 nitrogen and oxygen atoms in total. The second-order valence-electron chi connectivity index (χ2n) is 3.77. The van der Waals surface area contributed by atoms with Crippen LogP contribution in [0.3, 0.4) is 0 Å². The molecule has 8 heteroatoms. The lowest BCUT2D eigenvalue weighted by Gasteiger charge is -2.06. The molecule has 0 radical (unpaired) electrons. The zero-order valence-electron chi connectivity index (χ0n) is 10.9. The fraction of sp³-hybridized carbons (Fsp3) is 0.333. The van der Waals surface area contributed by atoms with Gasteiger partial charge in [0.2, 0.25) is 5.91 Å². The molecule has 0 unspecified atom stereocenters. The Morgan fingerprint density at radius 1 is 1.45 bits per heavy atom. The molecule has 4 N–H and O–H groups in total. The summed E-state index contributed by atoms with van der Waals surface area (Å²) in [5.41, 5.74) is 5.39. The minimum Gasteiger partial charge on any atom is -0.396 e. The number of methoxy groups -OCH3 is 1. The number of amides is 3. The van der Waals surface area contributed by atoms with Crippen molar-refractivity contribution in [1.82, 2.24) is 10.6 Å². The zero-order valence-corrected chi connectivity index (χ0v) is 11.8. The third-order valence-electron chi connectivity index (χ3n) is 2.19. The third-order valence-corrected chi connectivity index (χ3v) is 3.18. The van der Waals surface area contributed by atoms with Crippen molar-refractivity contribution in [3.05, 3.63) is 24.0 Å². The number of thioether (sulfide) groups is 1. The number of carbonyl (C=O) groups is 2. The number of urea groups is 1. The van der Waals surface area contributed by atoms with Crippen LogP contribution in [0.15, 0.2) is 23.1 Å². The Balaban J connectivity index is 2.32. The van der Waals surface area contributed by atoms with Crippen LogP contribution in [0.25, 0.3) is 0 Å². The van der Waals surface area contributed by atoms with Gasteiger partial charge in [0.25, 0.3) is 0 Å². The predicted octanol–water partition coefficient (Wildman–Crippen LogP) is 0.972. The maximum absolute atomic E-state index is 13.2. The van der Waals surface area contributed by atoms with E-state index in [-0.39, 0.29) is 11.4 Å². The second kappa shape index (κ2) is 8.39. The first-order valence-electron chi connectivity index (χ1n) is 5.77. The van der Waals surface area contributed by atoms with Gasteiger partial charge in [-0.15, -0.1) is 11.8 Å². The van der Waals surface area contributed by atoms with E-state index >= 15 is 0 Å². The van der Waals surface area contributed by atoms with Crippen LogP contribution in [0.5, 0.6) is 0 Å². The molecule has 1 aromatic carbocycles. The van der Waals surface area contributed by atoms with Gasteiger partial charge in [-0.2, -0.15) is 0 Å². The van der Waals surface area contributed by atoms with Crippen LogP contribution in [0.4, 0.5) is 14.9 Å². The number of imide groups is 1. The van der Waals surface area contributed by atoms with E-state index in [9.17, 15) is 14.0 Å². The van der Waals surface area contributed by atoms with Crippen molar-refractivity contribution in [2.45, 2.75) is 4.90 Å². The molecule has 0 saturated heterocycles. The topological polar surface area (TPSA) is 93.5 Å². The van der Waals surface area contributed by atoms with E-state index in [1.54, 1.807) is 6.07 Å². The van der Waals surface area contributed by atoms with E-state index in [1.807, 2.05) is 0 Å². The number of halogens is 1. The minimum absolute atomic E-state index is 0.00105. The van der Waals surface area contributed by atoms with Crippen molar-refractivity contribution in [3.63, 3.8) is 0 Å².